The molecular formula is C25H26N4O6. The van der Waals surface area contributed by atoms with Crippen molar-refractivity contribution in [1.29, 1.82) is 0 Å². The number of carbonyl (C=O) groups is 3. The minimum atomic E-state index is -1.23. The van der Waals surface area contributed by atoms with Crippen molar-refractivity contribution in [2.24, 2.45) is 0 Å². The van der Waals surface area contributed by atoms with E-state index in [-0.39, 0.29) is 29.4 Å². The third kappa shape index (κ3) is 6.11. The van der Waals surface area contributed by atoms with Crippen LogP contribution in [0, 0.1) is 10.1 Å². The lowest BCUT2D eigenvalue weighted by Gasteiger charge is -2.37. The Balaban J connectivity index is 1.76. The molecule has 0 saturated carbocycles. The molecule has 0 radical (unpaired) electrons. The van der Waals surface area contributed by atoms with Gasteiger partial charge in [-0.1, -0.05) is 42.5 Å². The minimum absolute atomic E-state index is 0.0691. The molecule has 0 fully saturated rings. The molecule has 1 unspecified atom stereocenters. The molecule has 10 nitrogen and oxygen atoms in total. The topological polar surface area (TPSA) is 133 Å². The molecule has 1 aliphatic heterocycles. The molecule has 1 heterocycles. The summed E-state index contributed by atoms with van der Waals surface area (Å²) < 4.78 is 0. The van der Waals surface area contributed by atoms with E-state index in [0.29, 0.717) is 18.5 Å². The van der Waals surface area contributed by atoms with Gasteiger partial charge in [0.05, 0.1) is 16.5 Å². The van der Waals surface area contributed by atoms with E-state index in [9.17, 15) is 29.6 Å². The first-order valence-electron chi connectivity index (χ1n) is 10.9. The second-order valence-electron chi connectivity index (χ2n) is 8.08. The number of carbonyl (C=O) groups excluding carboxylic acids is 2. The predicted molar refractivity (Wildman–Crippen MR) is 129 cm³/mol. The number of non-ortho nitro benzene ring substituents is 1. The number of carboxylic acids is 1. The first-order valence-corrected chi connectivity index (χ1v) is 10.9. The number of likely N-dealkylation sites (N-methyl/N-ethyl adjacent to an activating group) is 1. The van der Waals surface area contributed by atoms with Crippen LogP contribution in [0.5, 0.6) is 0 Å². The Labute approximate surface area is 202 Å². The van der Waals surface area contributed by atoms with Crippen molar-refractivity contribution in [2.75, 3.05) is 20.1 Å². The van der Waals surface area contributed by atoms with Gasteiger partial charge in [-0.05, 0) is 30.5 Å². The summed E-state index contributed by atoms with van der Waals surface area (Å²) in [6.07, 6.45) is 3.54. The Morgan fingerprint density at radius 3 is 2.57 bits per heavy atom. The van der Waals surface area contributed by atoms with Gasteiger partial charge in [-0.15, -0.1) is 0 Å². The molecule has 1 atom stereocenters. The van der Waals surface area contributed by atoms with E-state index in [1.165, 1.54) is 41.0 Å². The molecule has 2 aromatic carbocycles. The third-order valence-corrected chi connectivity index (χ3v) is 5.66. The van der Waals surface area contributed by atoms with E-state index in [1.54, 1.807) is 19.2 Å². The van der Waals surface area contributed by atoms with Crippen molar-refractivity contribution in [3.8, 4) is 0 Å². The summed E-state index contributed by atoms with van der Waals surface area (Å²) in [5.74, 6) is -1.45. The molecular weight excluding hydrogens is 452 g/mol. The van der Waals surface area contributed by atoms with Crippen molar-refractivity contribution >= 4 is 29.7 Å². The lowest BCUT2D eigenvalue weighted by molar-refractivity contribution is -0.384. The summed E-state index contributed by atoms with van der Waals surface area (Å²) in [7, 11) is 1.64. The maximum Gasteiger partial charge on any atom is 0.335 e. The fourth-order valence-electron chi connectivity index (χ4n) is 3.89. The zero-order valence-corrected chi connectivity index (χ0v) is 19.4. The van der Waals surface area contributed by atoms with Gasteiger partial charge in [-0.3, -0.25) is 14.9 Å². The Morgan fingerprint density at radius 1 is 1.20 bits per heavy atom. The Hall–Kier alpha value is -4.47. The molecule has 182 valence electrons. The van der Waals surface area contributed by atoms with Gasteiger partial charge >= 0.3 is 12.0 Å². The molecule has 2 N–H and O–H groups in total. The molecule has 10 heteroatoms. The van der Waals surface area contributed by atoms with Crippen molar-refractivity contribution < 1.29 is 24.4 Å². The second-order valence-corrected chi connectivity index (χ2v) is 8.08. The molecule has 0 aromatic heterocycles. The number of aliphatic carboxylic acids is 1. The van der Waals surface area contributed by atoms with Crippen molar-refractivity contribution in [1.82, 2.24) is 15.1 Å². The van der Waals surface area contributed by atoms with Gasteiger partial charge in [0.1, 0.15) is 0 Å². The normalized spacial score (nSPS) is 15.8. The van der Waals surface area contributed by atoms with Crippen molar-refractivity contribution in [2.45, 2.75) is 19.4 Å². The lowest BCUT2D eigenvalue weighted by Crippen LogP contribution is -2.49. The summed E-state index contributed by atoms with van der Waals surface area (Å²) in [6, 6.07) is 13.4. The smallest absolute Gasteiger partial charge is 0.335 e. The highest BCUT2D eigenvalue weighted by atomic mass is 16.6. The molecule has 3 amide bonds. The highest BCUT2D eigenvalue weighted by Crippen LogP contribution is 2.35. The van der Waals surface area contributed by atoms with Crippen LogP contribution in [0.15, 0.2) is 71.9 Å². The number of hydrogen-bond donors (Lipinski definition) is 2. The van der Waals surface area contributed by atoms with E-state index in [0.717, 1.165) is 5.56 Å². The van der Waals surface area contributed by atoms with Crippen LogP contribution in [0.2, 0.25) is 0 Å². The molecule has 0 aliphatic carbocycles. The van der Waals surface area contributed by atoms with Gasteiger partial charge < -0.3 is 20.2 Å². The first-order chi connectivity index (χ1) is 16.7. The SMILES string of the molecule is CC1=C(C(=O)O)C(c2cccc([N+](=O)[O-])c2)N(CCCN(C)C(=O)/C=C/c2ccccc2)C(=O)N1. The molecule has 3 rings (SSSR count). The lowest BCUT2D eigenvalue weighted by atomic mass is 9.93. The highest BCUT2D eigenvalue weighted by molar-refractivity contribution is 5.94. The number of carboxylic acid groups (broad SMARTS) is 1. The van der Waals surface area contributed by atoms with Crippen LogP contribution in [0.3, 0.4) is 0 Å². The maximum absolute atomic E-state index is 12.8. The summed E-state index contributed by atoms with van der Waals surface area (Å²) in [4.78, 5) is 50.8. The number of urea groups is 1. The first kappa shape index (κ1) is 25.2. The number of benzene rings is 2. The van der Waals surface area contributed by atoms with Gasteiger partial charge in [0, 0.05) is 44.0 Å². The standard InChI is InChI=1S/C25H26N4O6/c1-17-22(24(31)32)23(19-10-6-11-20(16-19)29(34)35)28(25(33)26-17)15-7-14-27(2)21(30)13-12-18-8-4-3-5-9-18/h3-6,8-13,16,23H,7,14-15H2,1-2H3,(H,26,33)(H,31,32)/b13-12+. The molecule has 1 aliphatic rings. The Kier molecular flexibility index (Phi) is 7.98. The average molecular weight is 479 g/mol. The average Bonchev–Trinajstić information content (AvgIpc) is 2.83. The maximum atomic E-state index is 12.8. The summed E-state index contributed by atoms with van der Waals surface area (Å²) >= 11 is 0. The van der Waals surface area contributed by atoms with Crippen molar-refractivity contribution in [3.05, 3.63) is 93.2 Å². The van der Waals surface area contributed by atoms with E-state index in [2.05, 4.69) is 5.32 Å². The number of amides is 3. The van der Waals surface area contributed by atoms with E-state index in [1.807, 2.05) is 30.3 Å². The largest absolute Gasteiger partial charge is 0.478 e. The Bertz CT molecular complexity index is 1190. The van der Waals surface area contributed by atoms with Crippen molar-refractivity contribution in [3.63, 3.8) is 0 Å². The molecule has 35 heavy (non-hydrogen) atoms. The number of nitrogens with zero attached hydrogens (tertiary/aromatic N) is 3. The predicted octanol–water partition coefficient (Wildman–Crippen LogP) is 3.58. The van der Waals surface area contributed by atoms with Gasteiger partial charge in [0.25, 0.3) is 5.69 Å². The van der Waals surface area contributed by atoms with Gasteiger partial charge in [0.15, 0.2) is 0 Å². The van der Waals surface area contributed by atoms with Crippen LogP contribution < -0.4 is 5.32 Å². The summed E-state index contributed by atoms with van der Waals surface area (Å²) in [5, 5.41) is 23.6. The monoisotopic (exact) mass is 478 g/mol. The molecule has 0 bridgehead atoms. The van der Waals surface area contributed by atoms with Gasteiger partial charge in [-0.25, -0.2) is 9.59 Å². The number of nitro groups is 1. The van der Waals surface area contributed by atoms with E-state index >= 15 is 0 Å². The number of allylic oxidation sites excluding steroid dienone is 1. The second kappa shape index (κ2) is 11.1. The Morgan fingerprint density at radius 2 is 1.91 bits per heavy atom. The third-order valence-electron chi connectivity index (χ3n) is 5.66. The van der Waals surface area contributed by atoms with Crippen LogP contribution in [0.1, 0.15) is 30.5 Å². The van der Waals surface area contributed by atoms with Gasteiger partial charge in [-0.2, -0.15) is 0 Å². The fourth-order valence-corrected chi connectivity index (χ4v) is 3.89. The molecule has 0 saturated heterocycles. The highest BCUT2D eigenvalue weighted by Gasteiger charge is 2.38. The summed E-state index contributed by atoms with van der Waals surface area (Å²) in [6.45, 7) is 1.92. The zero-order valence-electron chi connectivity index (χ0n) is 19.4. The van der Waals surface area contributed by atoms with E-state index in [4.69, 9.17) is 0 Å². The van der Waals surface area contributed by atoms with Gasteiger partial charge in [0.2, 0.25) is 5.91 Å². The zero-order chi connectivity index (χ0) is 25.5. The van der Waals surface area contributed by atoms with Crippen LogP contribution in [-0.4, -0.2) is 57.9 Å². The number of hydrogen-bond acceptors (Lipinski definition) is 5. The minimum Gasteiger partial charge on any atom is -0.478 e. The molecule has 0 spiro atoms. The number of rotatable bonds is 9. The fraction of sp³-hybridized carbons (Fsp3) is 0.240. The quantitative estimate of drug-likeness (QED) is 0.322. The van der Waals surface area contributed by atoms with E-state index < -0.39 is 23.0 Å². The molecule has 2 aromatic rings. The van der Waals surface area contributed by atoms with Crippen LogP contribution in [-0.2, 0) is 9.59 Å². The number of nitro benzene ring substituents is 1. The number of nitrogens with one attached hydrogen (secondary N) is 1. The van der Waals surface area contributed by atoms with Crippen LogP contribution in [0.25, 0.3) is 6.08 Å². The van der Waals surface area contributed by atoms with Crippen LogP contribution >= 0.6 is 0 Å². The van der Waals surface area contributed by atoms with Crippen LogP contribution in [0.4, 0.5) is 10.5 Å². The summed E-state index contributed by atoms with van der Waals surface area (Å²) in [5.41, 5.74) is 1.11.